The molecule has 0 unspecified atom stereocenters. The van der Waals surface area contributed by atoms with Crippen molar-refractivity contribution in [1.29, 1.82) is 0 Å². The van der Waals surface area contributed by atoms with Crippen LogP contribution < -0.4 is 5.32 Å². The van der Waals surface area contributed by atoms with Crippen LogP contribution in [0.1, 0.15) is 11.1 Å². The number of nitrogens with one attached hydrogen (secondary N) is 1. The summed E-state index contributed by atoms with van der Waals surface area (Å²) in [6.45, 7) is 1.94. The Kier molecular flexibility index (Phi) is 5.62. The number of halogens is 4. The van der Waals surface area contributed by atoms with E-state index in [-0.39, 0.29) is 10.8 Å². The fourth-order valence-electron chi connectivity index (χ4n) is 2.59. The Hall–Kier alpha value is -2.25. The van der Waals surface area contributed by atoms with Gasteiger partial charge in [-0.05, 0) is 36.8 Å². The number of nitrogens with zero attached hydrogens (tertiary/aromatic N) is 1. The van der Waals surface area contributed by atoms with Crippen molar-refractivity contribution < 1.29 is 18.0 Å². The van der Waals surface area contributed by atoms with Crippen LogP contribution in [0.5, 0.6) is 0 Å². The summed E-state index contributed by atoms with van der Waals surface area (Å²) in [6.07, 6.45) is -4.61. The Morgan fingerprint density at radius 3 is 2.67 bits per heavy atom. The fraction of sp³-hybridized carbons (Fsp3) is 0.158. The molecule has 0 aliphatic rings. The van der Waals surface area contributed by atoms with Gasteiger partial charge in [0.1, 0.15) is 0 Å². The molecule has 1 amide bonds. The topological polar surface area (TPSA) is 42.0 Å². The molecule has 1 aromatic heterocycles. The number of carbonyl (C=O) groups is 1. The van der Waals surface area contributed by atoms with Gasteiger partial charge in [-0.1, -0.05) is 47.6 Å². The van der Waals surface area contributed by atoms with E-state index in [4.69, 9.17) is 11.6 Å². The Bertz CT molecular complexity index is 1010. The highest BCUT2D eigenvalue weighted by atomic mass is 35.5. The first-order valence-corrected chi connectivity index (χ1v) is 9.27. The molecular weight excluding hydrogens is 397 g/mol. The third-order valence-electron chi connectivity index (χ3n) is 3.83. The van der Waals surface area contributed by atoms with E-state index in [1.165, 1.54) is 12.1 Å². The molecule has 0 bridgehead atoms. The maximum atomic E-state index is 13.1. The van der Waals surface area contributed by atoms with Gasteiger partial charge in [0.25, 0.3) is 0 Å². The second-order valence-electron chi connectivity index (χ2n) is 5.79. The highest BCUT2D eigenvalue weighted by molar-refractivity contribution is 7.99. The van der Waals surface area contributed by atoms with E-state index in [9.17, 15) is 18.0 Å². The van der Waals surface area contributed by atoms with Crippen molar-refractivity contribution in [3.05, 3.63) is 64.7 Å². The van der Waals surface area contributed by atoms with Crippen molar-refractivity contribution in [2.75, 3.05) is 11.1 Å². The lowest BCUT2D eigenvalue weighted by Crippen LogP contribution is -2.18. The molecule has 8 heteroatoms. The monoisotopic (exact) mass is 410 g/mol. The van der Waals surface area contributed by atoms with Gasteiger partial charge >= 0.3 is 6.18 Å². The molecular formula is C19H14ClF3N2OS. The van der Waals surface area contributed by atoms with Gasteiger partial charge in [-0.3, -0.25) is 4.79 Å². The van der Waals surface area contributed by atoms with Crippen LogP contribution in [0, 0.1) is 6.92 Å². The number of benzene rings is 2. The zero-order valence-corrected chi connectivity index (χ0v) is 15.7. The normalized spacial score (nSPS) is 11.6. The molecule has 3 nitrogen and oxygen atoms in total. The second kappa shape index (κ2) is 7.78. The van der Waals surface area contributed by atoms with E-state index in [0.29, 0.717) is 5.03 Å². The number of hydrogen-bond acceptors (Lipinski definition) is 3. The minimum Gasteiger partial charge on any atom is -0.324 e. The number of anilines is 1. The summed E-state index contributed by atoms with van der Waals surface area (Å²) < 4.78 is 39.3. The Morgan fingerprint density at radius 1 is 1.19 bits per heavy atom. The highest BCUT2D eigenvalue weighted by Gasteiger charge is 2.34. The summed E-state index contributed by atoms with van der Waals surface area (Å²) in [5.74, 6) is -0.681. The van der Waals surface area contributed by atoms with Crippen molar-refractivity contribution >= 4 is 45.9 Å². The van der Waals surface area contributed by atoms with Crippen LogP contribution in [0.4, 0.5) is 18.9 Å². The van der Waals surface area contributed by atoms with Crippen molar-refractivity contribution in [3.8, 4) is 0 Å². The van der Waals surface area contributed by atoms with Gasteiger partial charge in [-0.2, -0.15) is 13.2 Å². The summed E-state index contributed by atoms with van der Waals surface area (Å²) in [4.78, 5) is 16.6. The molecule has 0 radical (unpaired) electrons. The first-order chi connectivity index (χ1) is 12.8. The van der Waals surface area contributed by atoms with E-state index in [1.54, 1.807) is 0 Å². The van der Waals surface area contributed by atoms with Crippen molar-refractivity contribution in [2.24, 2.45) is 0 Å². The molecule has 0 saturated heterocycles. The van der Waals surface area contributed by atoms with Crippen LogP contribution in [0.15, 0.2) is 53.6 Å². The third kappa shape index (κ3) is 4.54. The van der Waals surface area contributed by atoms with E-state index >= 15 is 0 Å². The number of amides is 1. The van der Waals surface area contributed by atoms with Gasteiger partial charge in [-0.25, -0.2) is 4.98 Å². The van der Waals surface area contributed by atoms with Gasteiger partial charge in [0, 0.05) is 5.39 Å². The van der Waals surface area contributed by atoms with Gasteiger partial charge in [0.2, 0.25) is 5.91 Å². The van der Waals surface area contributed by atoms with Crippen molar-refractivity contribution in [1.82, 2.24) is 4.98 Å². The smallest absolute Gasteiger partial charge is 0.324 e. The standard InChI is InChI=1S/C19H14ClF3N2OS/c1-11-9-17(24-15-8-3-2-5-12(11)15)27-10-16(26)25-18-13(19(21,22)23)6-4-7-14(18)20/h2-9H,10H2,1H3,(H,25,26). The number of carbonyl (C=O) groups excluding carboxylic acids is 1. The summed E-state index contributed by atoms with van der Waals surface area (Å²) >= 11 is 7.00. The fourth-order valence-corrected chi connectivity index (χ4v) is 3.59. The Balaban J connectivity index is 1.75. The van der Waals surface area contributed by atoms with E-state index < -0.39 is 23.3 Å². The minimum absolute atomic E-state index is 0.0900. The zero-order valence-electron chi connectivity index (χ0n) is 14.1. The van der Waals surface area contributed by atoms with Gasteiger partial charge in [0.05, 0.1) is 32.6 Å². The minimum atomic E-state index is -4.61. The predicted octanol–water partition coefficient (Wildman–Crippen LogP) is 5.95. The lowest BCUT2D eigenvalue weighted by Gasteiger charge is -2.15. The van der Waals surface area contributed by atoms with Crippen molar-refractivity contribution in [3.63, 3.8) is 0 Å². The summed E-state index contributed by atoms with van der Waals surface area (Å²) in [6, 6.07) is 12.8. The largest absolute Gasteiger partial charge is 0.418 e. The maximum Gasteiger partial charge on any atom is 0.418 e. The van der Waals surface area contributed by atoms with Crippen molar-refractivity contribution in [2.45, 2.75) is 18.1 Å². The maximum absolute atomic E-state index is 13.1. The quantitative estimate of drug-likeness (QED) is 0.541. The molecule has 2 aromatic carbocycles. The molecule has 0 spiro atoms. The summed E-state index contributed by atoms with van der Waals surface area (Å²) in [5, 5.41) is 3.74. The number of aryl methyl sites for hydroxylation is 1. The molecule has 1 N–H and O–H groups in total. The van der Waals surface area contributed by atoms with Crippen LogP contribution in [-0.2, 0) is 11.0 Å². The molecule has 0 fully saturated rings. The van der Waals surface area contributed by atoms with Crippen LogP contribution in [-0.4, -0.2) is 16.6 Å². The molecule has 0 atom stereocenters. The van der Waals surface area contributed by atoms with E-state index in [2.05, 4.69) is 10.3 Å². The predicted molar refractivity (Wildman–Crippen MR) is 102 cm³/mol. The number of alkyl halides is 3. The van der Waals surface area contributed by atoms with Gasteiger partial charge < -0.3 is 5.32 Å². The van der Waals surface area contributed by atoms with E-state index in [1.807, 2.05) is 37.3 Å². The first kappa shape index (κ1) is 19.5. The number of rotatable bonds is 4. The Labute approximate surface area is 162 Å². The van der Waals surface area contributed by atoms with Crippen LogP contribution >= 0.6 is 23.4 Å². The lowest BCUT2D eigenvalue weighted by atomic mass is 10.1. The zero-order chi connectivity index (χ0) is 19.6. The summed E-state index contributed by atoms with van der Waals surface area (Å²) in [7, 11) is 0. The molecule has 140 valence electrons. The SMILES string of the molecule is Cc1cc(SCC(=O)Nc2c(Cl)cccc2C(F)(F)F)nc2ccccc12. The van der Waals surface area contributed by atoms with Gasteiger partial charge in [-0.15, -0.1) is 0 Å². The number of fused-ring (bicyclic) bond motifs is 1. The molecule has 0 saturated carbocycles. The Morgan fingerprint density at radius 2 is 1.93 bits per heavy atom. The number of para-hydroxylation sites is 2. The number of aromatic nitrogens is 1. The molecule has 1 heterocycles. The molecule has 0 aliphatic heterocycles. The van der Waals surface area contributed by atoms with Crippen LogP contribution in [0.25, 0.3) is 10.9 Å². The average molecular weight is 411 g/mol. The molecule has 0 aliphatic carbocycles. The second-order valence-corrected chi connectivity index (χ2v) is 7.19. The number of thioether (sulfide) groups is 1. The van der Waals surface area contributed by atoms with Gasteiger partial charge in [0.15, 0.2) is 0 Å². The average Bonchev–Trinajstić information content (AvgIpc) is 2.61. The highest BCUT2D eigenvalue weighted by Crippen LogP contribution is 2.38. The van der Waals surface area contributed by atoms with E-state index in [0.717, 1.165) is 34.3 Å². The first-order valence-electron chi connectivity index (χ1n) is 7.90. The lowest BCUT2D eigenvalue weighted by molar-refractivity contribution is -0.137. The number of pyridine rings is 1. The van der Waals surface area contributed by atoms with Crippen LogP contribution in [0.3, 0.4) is 0 Å². The molecule has 3 rings (SSSR count). The molecule has 27 heavy (non-hydrogen) atoms. The summed E-state index contributed by atoms with van der Waals surface area (Å²) in [5.41, 5.74) is 0.396. The number of hydrogen-bond donors (Lipinski definition) is 1. The third-order valence-corrected chi connectivity index (χ3v) is 5.06. The van der Waals surface area contributed by atoms with Crippen LogP contribution in [0.2, 0.25) is 5.02 Å². The molecule has 3 aromatic rings.